The number of sulfonamides is 1. The van der Waals surface area contributed by atoms with Gasteiger partial charge in [-0.2, -0.15) is 0 Å². The minimum absolute atomic E-state index is 0.0676. The Balaban J connectivity index is 1.99. The van der Waals surface area contributed by atoms with Gasteiger partial charge in [0.05, 0.1) is 11.4 Å². The summed E-state index contributed by atoms with van der Waals surface area (Å²) >= 11 is 1.41. The Morgan fingerprint density at radius 2 is 2.26 bits per heavy atom. The summed E-state index contributed by atoms with van der Waals surface area (Å²) in [6.07, 6.45) is 3.99. The molecule has 2 heterocycles. The van der Waals surface area contributed by atoms with Crippen LogP contribution in [0.2, 0.25) is 0 Å². The Bertz CT molecular complexity index is 519. The number of thiazole rings is 1. The van der Waals surface area contributed by atoms with Crippen LogP contribution in [0.3, 0.4) is 0 Å². The molecule has 0 bridgehead atoms. The van der Waals surface area contributed by atoms with Gasteiger partial charge in [-0.15, -0.1) is 11.3 Å². The quantitative estimate of drug-likeness (QED) is 0.871. The maximum Gasteiger partial charge on any atom is 0.236 e. The van der Waals surface area contributed by atoms with Crippen molar-refractivity contribution in [1.82, 2.24) is 10.3 Å². The maximum absolute atomic E-state index is 12.1. The molecule has 1 aromatic heterocycles. The van der Waals surface area contributed by atoms with Crippen LogP contribution >= 0.6 is 11.3 Å². The number of aryl methyl sites for hydroxylation is 2. The highest BCUT2D eigenvalue weighted by Crippen LogP contribution is 2.23. The minimum Gasteiger partial charge on any atom is -0.313 e. The molecule has 0 saturated carbocycles. The summed E-state index contributed by atoms with van der Waals surface area (Å²) in [7, 11) is -3.31. The highest BCUT2D eigenvalue weighted by atomic mass is 32.2. The number of nitrogens with one attached hydrogen (secondary N) is 2. The maximum atomic E-state index is 12.1. The number of nitrogens with zero attached hydrogens (tertiary/aromatic N) is 1. The van der Waals surface area contributed by atoms with E-state index < -0.39 is 10.0 Å². The predicted molar refractivity (Wildman–Crippen MR) is 79.3 cm³/mol. The van der Waals surface area contributed by atoms with Crippen LogP contribution in [0.1, 0.15) is 36.8 Å². The molecule has 0 radical (unpaired) electrons. The average Bonchev–Trinajstić information content (AvgIpc) is 2.69. The molecule has 108 valence electrons. The molecule has 1 atom stereocenters. The predicted octanol–water partition coefficient (Wildman–Crippen LogP) is 1.90. The molecule has 1 aliphatic heterocycles. The number of rotatable bonds is 5. The molecule has 1 saturated heterocycles. The highest BCUT2D eigenvalue weighted by molar-refractivity contribution is 7.92. The van der Waals surface area contributed by atoms with Crippen LogP contribution in [0.4, 0.5) is 5.13 Å². The Labute approximate surface area is 118 Å². The molecule has 1 aromatic rings. The van der Waals surface area contributed by atoms with Crippen molar-refractivity contribution in [2.75, 3.05) is 17.0 Å². The summed E-state index contributed by atoms with van der Waals surface area (Å²) in [5.41, 5.74) is 0.971. The van der Waals surface area contributed by atoms with Crippen molar-refractivity contribution in [2.45, 2.75) is 45.6 Å². The van der Waals surface area contributed by atoms with Gasteiger partial charge in [0.1, 0.15) is 0 Å². The van der Waals surface area contributed by atoms with Crippen LogP contribution in [-0.4, -0.2) is 31.7 Å². The third-order valence-corrected chi connectivity index (χ3v) is 5.71. The Hall–Kier alpha value is -0.660. The summed E-state index contributed by atoms with van der Waals surface area (Å²) in [6.45, 7) is 4.90. The zero-order valence-corrected chi connectivity index (χ0v) is 13.0. The zero-order chi connectivity index (χ0) is 13.9. The molecule has 0 spiro atoms. The molecule has 0 amide bonds. The van der Waals surface area contributed by atoms with Crippen LogP contribution in [-0.2, 0) is 16.4 Å². The van der Waals surface area contributed by atoms with Crippen LogP contribution < -0.4 is 10.0 Å². The Kier molecular flexibility index (Phi) is 4.81. The lowest BCUT2D eigenvalue weighted by Gasteiger charge is -2.23. The molecule has 1 fully saturated rings. The standard InChI is InChI=1S/C12H21N3O2S2/c1-3-11-9(2)18-12(14-11)15-19(16,17)8-10-6-4-5-7-13-10/h10,13H,3-8H2,1-2H3,(H,14,15). The van der Waals surface area contributed by atoms with E-state index in [4.69, 9.17) is 0 Å². The van der Waals surface area contributed by atoms with E-state index in [2.05, 4.69) is 15.0 Å². The van der Waals surface area contributed by atoms with Gasteiger partial charge in [-0.05, 0) is 32.7 Å². The average molecular weight is 303 g/mol. The zero-order valence-electron chi connectivity index (χ0n) is 11.4. The third kappa shape index (κ3) is 4.15. The Morgan fingerprint density at radius 1 is 1.47 bits per heavy atom. The summed E-state index contributed by atoms with van der Waals surface area (Å²) in [6, 6.07) is 0.0676. The smallest absolute Gasteiger partial charge is 0.236 e. The summed E-state index contributed by atoms with van der Waals surface area (Å²) in [5, 5.41) is 3.74. The van der Waals surface area contributed by atoms with Gasteiger partial charge in [-0.3, -0.25) is 4.72 Å². The van der Waals surface area contributed by atoms with Crippen LogP contribution in [0.25, 0.3) is 0 Å². The first kappa shape index (κ1) is 14.7. The molecule has 5 nitrogen and oxygen atoms in total. The van der Waals surface area contributed by atoms with Gasteiger partial charge in [-0.25, -0.2) is 13.4 Å². The second-order valence-corrected chi connectivity index (χ2v) is 7.88. The fourth-order valence-corrected chi connectivity index (χ4v) is 4.82. The van der Waals surface area contributed by atoms with Crippen molar-refractivity contribution in [3.05, 3.63) is 10.6 Å². The first-order chi connectivity index (χ1) is 9.00. The van der Waals surface area contributed by atoms with Gasteiger partial charge in [0.15, 0.2) is 5.13 Å². The summed E-state index contributed by atoms with van der Waals surface area (Å²) in [4.78, 5) is 5.39. The molecule has 7 heteroatoms. The lowest BCUT2D eigenvalue weighted by Crippen LogP contribution is -2.40. The Morgan fingerprint density at radius 3 is 2.84 bits per heavy atom. The van der Waals surface area contributed by atoms with Gasteiger partial charge >= 0.3 is 0 Å². The van der Waals surface area contributed by atoms with Gasteiger partial charge in [-0.1, -0.05) is 13.3 Å². The van der Waals surface area contributed by atoms with E-state index in [0.717, 1.165) is 42.8 Å². The molecular formula is C12H21N3O2S2. The molecule has 1 aliphatic rings. The van der Waals surface area contributed by atoms with Crippen molar-refractivity contribution in [2.24, 2.45) is 0 Å². The van der Waals surface area contributed by atoms with E-state index in [0.29, 0.717) is 5.13 Å². The molecule has 2 N–H and O–H groups in total. The van der Waals surface area contributed by atoms with Crippen molar-refractivity contribution < 1.29 is 8.42 Å². The minimum atomic E-state index is -3.31. The van der Waals surface area contributed by atoms with Crippen LogP contribution in [0.5, 0.6) is 0 Å². The van der Waals surface area contributed by atoms with E-state index in [9.17, 15) is 8.42 Å². The first-order valence-corrected chi connectivity index (χ1v) is 9.17. The van der Waals surface area contributed by atoms with Gasteiger partial charge < -0.3 is 5.32 Å². The second-order valence-electron chi connectivity index (χ2n) is 4.91. The first-order valence-electron chi connectivity index (χ1n) is 6.70. The van der Waals surface area contributed by atoms with E-state index in [1.807, 2.05) is 13.8 Å². The number of piperidine rings is 1. The van der Waals surface area contributed by atoms with Crippen molar-refractivity contribution in [3.8, 4) is 0 Å². The SMILES string of the molecule is CCc1nc(NS(=O)(=O)CC2CCCCN2)sc1C. The second kappa shape index (κ2) is 6.19. The number of anilines is 1. The van der Waals surface area contributed by atoms with Crippen LogP contribution in [0.15, 0.2) is 0 Å². The van der Waals surface area contributed by atoms with Crippen LogP contribution in [0, 0.1) is 6.92 Å². The van der Waals surface area contributed by atoms with E-state index in [1.165, 1.54) is 11.3 Å². The van der Waals surface area contributed by atoms with Gasteiger partial charge in [0.25, 0.3) is 0 Å². The lowest BCUT2D eigenvalue weighted by molar-refractivity contribution is 0.424. The fraction of sp³-hybridized carbons (Fsp3) is 0.750. The number of hydrogen-bond acceptors (Lipinski definition) is 5. The topological polar surface area (TPSA) is 71.1 Å². The lowest BCUT2D eigenvalue weighted by atomic mass is 10.1. The van der Waals surface area contributed by atoms with Crippen molar-refractivity contribution >= 4 is 26.5 Å². The van der Waals surface area contributed by atoms with E-state index in [1.54, 1.807) is 0 Å². The van der Waals surface area contributed by atoms with Crippen molar-refractivity contribution in [3.63, 3.8) is 0 Å². The molecule has 1 unspecified atom stereocenters. The number of hydrogen-bond donors (Lipinski definition) is 2. The monoisotopic (exact) mass is 303 g/mol. The normalized spacial score (nSPS) is 20.4. The molecular weight excluding hydrogens is 282 g/mol. The van der Waals surface area contributed by atoms with Crippen molar-refractivity contribution in [1.29, 1.82) is 0 Å². The number of aromatic nitrogens is 1. The summed E-state index contributed by atoms with van der Waals surface area (Å²) in [5.74, 6) is 0.132. The summed E-state index contributed by atoms with van der Waals surface area (Å²) < 4.78 is 26.8. The molecule has 19 heavy (non-hydrogen) atoms. The molecule has 0 aliphatic carbocycles. The van der Waals surface area contributed by atoms with E-state index in [-0.39, 0.29) is 11.8 Å². The molecule has 2 rings (SSSR count). The fourth-order valence-electron chi connectivity index (χ4n) is 2.31. The highest BCUT2D eigenvalue weighted by Gasteiger charge is 2.22. The van der Waals surface area contributed by atoms with E-state index >= 15 is 0 Å². The third-order valence-electron chi connectivity index (χ3n) is 3.30. The molecule has 0 aromatic carbocycles. The van der Waals surface area contributed by atoms with Gasteiger partial charge in [0.2, 0.25) is 10.0 Å². The largest absolute Gasteiger partial charge is 0.313 e. The van der Waals surface area contributed by atoms with Gasteiger partial charge in [0, 0.05) is 10.9 Å².